The Kier molecular flexibility index (Phi) is 11.0. The molecule has 1 aliphatic carbocycles. The molecule has 1 aliphatic heterocycles. The molecule has 1 aromatic carbocycles. The summed E-state index contributed by atoms with van der Waals surface area (Å²) in [6.45, 7) is 1.38. The summed E-state index contributed by atoms with van der Waals surface area (Å²) in [4.78, 5) is 12.7. The van der Waals surface area contributed by atoms with E-state index in [0.29, 0.717) is 19.6 Å². The van der Waals surface area contributed by atoms with Crippen LogP contribution in [0.15, 0.2) is 29.2 Å². The summed E-state index contributed by atoms with van der Waals surface area (Å²) >= 11 is 0. The van der Waals surface area contributed by atoms with E-state index in [4.69, 9.17) is 0 Å². The van der Waals surface area contributed by atoms with Gasteiger partial charge in [-0.25, -0.2) is 12.8 Å². The molecule has 1 N–H and O–H groups in total. The molecule has 0 aromatic heterocycles. The molecule has 7 heteroatoms. The van der Waals surface area contributed by atoms with Crippen LogP contribution in [-0.2, 0) is 14.8 Å². The van der Waals surface area contributed by atoms with Gasteiger partial charge in [-0.1, -0.05) is 47.0 Å². The summed E-state index contributed by atoms with van der Waals surface area (Å²) in [5, 5.41) is 3.08. The Morgan fingerprint density at radius 2 is 1.57 bits per heavy atom. The second-order valence-electron chi connectivity index (χ2n) is 8.11. The predicted molar refractivity (Wildman–Crippen MR) is 120 cm³/mol. The van der Waals surface area contributed by atoms with Crippen LogP contribution in [0.3, 0.4) is 0 Å². The molecule has 0 spiro atoms. The Morgan fingerprint density at radius 3 is 2.20 bits per heavy atom. The number of hydrogen-bond acceptors (Lipinski definition) is 3. The highest BCUT2D eigenvalue weighted by Gasteiger charge is 2.30. The molecule has 172 valence electrons. The number of hydrogen-bond donors (Lipinski definition) is 1. The first-order valence-electron chi connectivity index (χ1n) is 10.5. The minimum Gasteiger partial charge on any atom is -0.356 e. The van der Waals surface area contributed by atoms with E-state index in [9.17, 15) is 17.6 Å². The van der Waals surface area contributed by atoms with Crippen molar-refractivity contribution in [2.75, 3.05) is 19.6 Å². The predicted octanol–water partition coefficient (Wildman–Crippen LogP) is 4.98. The van der Waals surface area contributed by atoms with Crippen LogP contribution < -0.4 is 5.32 Å². The van der Waals surface area contributed by atoms with Gasteiger partial charge in [-0.3, -0.25) is 4.79 Å². The molecule has 2 aliphatic rings. The highest BCUT2D eigenvalue weighted by molar-refractivity contribution is 7.89. The van der Waals surface area contributed by atoms with Gasteiger partial charge < -0.3 is 5.32 Å². The summed E-state index contributed by atoms with van der Waals surface area (Å²) in [7, 11) is -3.63. The molecule has 1 aromatic rings. The molecule has 30 heavy (non-hydrogen) atoms. The number of amides is 1. The van der Waals surface area contributed by atoms with Crippen molar-refractivity contribution >= 4 is 15.9 Å². The van der Waals surface area contributed by atoms with Crippen LogP contribution >= 0.6 is 0 Å². The van der Waals surface area contributed by atoms with Crippen molar-refractivity contribution in [2.24, 2.45) is 11.8 Å². The molecule has 1 saturated carbocycles. The monoisotopic (exact) mass is 442 g/mol. The number of benzene rings is 1. The normalized spacial score (nSPS) is 21.4. The highest BCUT2D eigenvalue weighted by Crippen LogP contribution is 2.25. The summed E-state index contributed by atoms with van der Waals surface area (Å²) in [5.74, 6) is -0.114. The van der Waals surface area contributed by atoms with Crippen molar-refractivity contribution < 1.29 is 17.6 Å². The Morgan fingerprint density at radius 1 is 0.967 bits per heavy atom. The maximum absolute atomic E-state index is 13.1. The van der Waals surface area contributed by atoms with Crippen LogP contribution in [0.1, 0.15) is 72.6 Å². The van der Waals surface area contributed by atoms with Crippen LogP contribution in [0.25, 0.3) is 0 Å². The van der Waals surface area contributed by atoms with E-state index in [-0.39, 0.29) is 37.5 Å². The first-order chi connectivity index (χ1) is 13.5. The summed E-state index contributed by atoms with van der Waals surface area (Å²) < 4.78 is 40.2. The molecule has 5 nitrogen and oxygen atoms in total. The van der Waals surface area contributed by atoms with E-state index in [1.807, 2.05) is 0 Å². The molecule has 0 bridgehead atoms. The van der Waals surface area contributed by atoms with Gasteiger partial charge in [0.25, 0.3) is 0 Å². The molecule has 1 unspecified atom stereocenters. The number of nitrogens with zero attached hydrogens (tertiary/aromatic N) is 1. The maximum atomic E-state index is 13.1. The fraction of sp³-hybridized carbons (Fsp3) is 0.696. The number of piperidine rings is 1. The van der Waals surface area contributed by atoms with Gasteiger partial charge >= 0.3 is 0 Å². The second kappa shape index (κ2) is 12.4. The summed E-state index contributed by atoms with van der Waals surface area (Å²) in [5.41, 5.74) is 0. The molecule has 3 rings (SSSR count). The van der Waals surface area contributed by atoms with Gasteiger partial charge in [0.05, 0.1) is 4.90 Å². The first kappa shape index (κ1) is 26.6. The molecule has 1 amide bonds. The van der Waals surface area contributed by atoms with Crippen LogP contribution in [0.5, 0.6) is 0 Å². The largest absolute Gasteiger partial charge is 0.356 e. The van der Waals surface area contributed by atoms with Crippen LogP contribution in [0, 0.1) is 17.7 Å². The number of sulfonamides is 1. The lowest BCUT2D eigenvalue weighted by atomic mass is 9.90. The molecule has 1 atom stereocenters. The lowest BCUT2D eigenvalue weighted by molar-refractivity contribution is -0.125. The standard InChI is InChI=1S/C21H31FN2O3S.2CH4/c22-19-10-12-20(13-11-19)28(26,27)24-14-6-7-17(16-24)15-23-21(25)18-8-4-2-1-3-5-9-18;;/h10-13,17-18H,1-9,14-16H2,(H,23,25);2*1H4. The molecular formula is C23H39FN2O3S. The molecule has 1 heterocycles. The third kappa shape index (κ3) is 7.05. The van der Waals surface area contributed by atoms with Crippen LogP contribution in [0.4, 0.5) is 4.39 Å². The lowest BCUT2D eigenvalue weighted by Gasteiger charge is -2.32. The molecule has 1 saturated heterocycles. The van der Waals surface area contributed by atoms with Gasteiger partial charge in [-0.15, -0.1) is 0 Å². The Balaban J connectivity index is 0.00000225. The van der Waals surface area contributed by atoms with E-state index < -0.39 is 15.8 Å². The molecule has 0 radical (unpaired) electrons. The third-order valence-corrected chi connectivity index (χ3v) is 7.85. The van der Waals surface area contributed by atoms with E-state index in [2.05, 4.69) is 5.32 Å². The average molecular weight is 443 g/mol. The van der Waals surface area contributed by atoms with Gasteiger partial charge in [0.15, 0.2) is 0 Å². The molecular weight excluding hydrogens is 403 g/mol. The molecule has 2 fully saturated rings. The number of nitrogens with one attached hydrogen (secondary N) is 1. The quantitative estimate of drug-likeness (QED) is 0.700. The number of carbonyl (C=O) groups is 1. The zero-order valence-electron chi connectivity index (χ0n) is 16.4. The topological polar surface area (TPSA) is 66.5 Å². The number of rotatable bonds is 5. The third-order valence-electron chi connectivity index (χ3n) is 5.97. The van der Waals surface area contributed by atoms with E-state index in [1.165, 1.54) is 47.8 Å². The van der Waals surface area contributed by atoms with Crippen molar-refractivity contribution in [1.29, 1.82) is 0 Å². The Labute approximate surface area is 182 Å². The van der Waals surface area contributed by atoms with E-state index in [0.717, 1.165) is 38.5 Å². The Hall–Kier alpha value is -1.47. The van der Waals surface area contributed by atoms with Crippen molar-refractivity contribution in [3.63, 3.8) is 0 Å². The van der Waals surface area contributed by atoms with Gasteiger partial charge in [-0.05, 0) is 55.9 Å². The minimum absolute atomic E-state index is 0. The highest BCUT2D eigenvalue weighted by atomic mass is 32.2. The summed E-state index contributed by atoms with van der Waals surface area (Å²) in [6, 6.07) is 4.96. The SMILES string of the molecule is C.C.O=C(NCC1CCCN(S(=O)(=O)c2ccc(F)cc2)C1)C1CCCCCCC1. The van der Waals surface area contributed by atoms with Crippen LogP contribution in [-0.4, -0.2) is 38.3 Å². The first-order valence-corrected chi connectivity index (χ1v) is 11.9. The minimum atomic E-state index is -3.63. The van der Waals surface area contributed by atoms with Crippen molar-refractivity contribution in [3.8, 4) is 0 Å². The Bertz CT molecular complexity index is 744. The van der Waals surface area contributed by atoms with Gasteiger partial charge in [0.2, 0.25) is 15.9 Å². The number of halogens is 1. The van der Waals surface area contributed by atoms with E-state index in [1.54, 1.807) is 0 Å². The smallest absolute Gasteiger partial charge is 0.243 e. The summed E-state index contributed by atoms with van der Waals surface area (Å²) in [6.07, 6.45) is 9.52. The van der Waals surface area contributed by atoms with Crippen molar-refractivity contribution in [1.82, 2.24) is 9.62 Å². The van der Waals surface area contributed by atoms with Gasteiger partial charge in [0.1, 0.15) is 5.82 Å². The zero-order chi connectivity index (χ0) is 20.0. The van der Waals surface area contributed by atoms with Gasteiger partial charge in [-0.2, -0.15) is 4.31 Å². The second-order valence-corrected chi connectivity index (χ2v) is 10.1. The zero-order valence-corrected chi connectivity index (χ0v) is 17.2. The fourth-order valence-corrected chi connectivity index (χ4v) is 5.83. The van der Waals surface area contributed by atoms with Crippen molar-refractivity contribution in [3.05, 3.63) is 30.1 Å². The van der Waals surface area contributed by atoms with Gasteiger partial charge in [0, 0.05) is 25.6 Å². The fourth-order valence-electron chi connectivity index (χ4n) is 4.28. The lowest BCUT2D eigenvalue weighted by Crippen LogP contribution is -2.44. The van der Waals surface area contributed by atoms with E-state index >= 15 is 0 Å². The van der Waals surface area contributed by atoms with Crippen LogP contribution in [0.2, 0.25) is 0 Å². The maximum Gasteiger partial charge on any atom is 0.243 e. The average Bonchev–Trinajstić information content (AvgIpc) is 2.66. The number of carbonyl (C=O) groups excluding carboxylic acids is 1. The van der Waals surface area contributed by atoms with Crippen molar-refractivity contribution in [2.45, 2.75) is 77.5 Å².